The van der Waals surface area contributed by atoms with E-state index in [0.29, 0.717) is 5.56 Å². The molecule has 4 aromatic rings. The van der Waals surface area contributed by atoms with Crippen LogP contribution in [-0.4, -0.2) is 38.5 Å². The van der Waals surface area contributed by atoms with E-state index >= 15 is 0 Å². The number of benzene rings is 2. The lowest BCUT2D eigenvalue weighted by Crippen LogP contribution is -2.45. The number of aromatic nitrogens is 4. The summed E-state index contributed by atoms with van der Waals surface area (Å²) in [6.07, 6.45) is -0.547. The van der Waals surface area contributed by atoms with Crippen LogP contribution in [0.5, 0.6) is 0 Å². The van der Waals surface area contributed by atoms with Crippen LogP contribution in [0.2, 0.25) is 0 Å². The summed E-state index contributed by atoms with van der Waals surface area (Å²) in [6, 6.07) is 16.4. The number of hydrogen-bond donors (Lipinski definition) is 2. The Kier molecular flexibility index (Phi) is 8.46. The highest BCUT2D eigenvalue weighted by Crippen LogP contribution is 2.39. The summed E-state index contributed by atoms with van der Waals surface area (Å²) >= 11 is 36.9. The zero-order valence-electron chi connectivity index (χ0n) is 18.9. The number of carbonyl (C=O) groups is 2. The van der Waals surface area contributed by atoms with Crippen molar-refractivity contribution in [2.75, 3.05) is 0 Å². The molecule has 0 radical (unpaired) electrons. The maximum absolute atomic E-state index is 13.4. The van der Waals surface area contributed by atoms with Gasteiger partial charge in [0.1, 0.15) is 6.33 Å². The summed E-state index contributed by atoms with van der Waals surface area (Å²) in [6.45, 7) is 0. The average molecular weight is 637 g/mol. The third-order valence-corrected chi connectivity index (χ3v) is 6.53. The molecule has 0 aliphatic heterocycles. The normalized spacial score (nSPS) is 13.6. The Morgan fingerprint density at radius 1 is 0.684 bits per heavy atom. The van der Waals surface area contributed by atoms with Crippen molar-refractivity contribution in [3.63, 3.8) is 0 Å². The van der Waals surface area contributed by atoms with E-state index in [9.17, 15) is 14.4 Å². The molecule has 2 N–H and O–H groups in total. The molecule has 0 aliphatic rings. The van der Waals surface area contributed by atoms with Crippen LogP contribution in [0.3, 0.4) is 0 Å². The van der Waals surface area contributed by atoms with Crippen LogP contribution >= 0.6 is 69.6 Å². The van der Waals surface area contributed by atoms with E-state index in [0.717, 1.165) is 10.9 Å². The van der Waals surface area contributed by atoms with Crippen LogP contribution in [0.1, 0.15) is 33.0 Å². The van der Waals surface area contributed by atoms with Crippen molar-refractivity contribution >= 4 is 92.6 Å². The van der Waals surface area contributed by atoms with E-state index in [4.69, 9.17) is 69.6 Å². The third-order valence-electron chi connectivity index (χ3n) is 5.29. The van der Waals surface area contributed by atoms with Crippen LogP contribution in [0, 0.1) is 0 Å². The van der Waals surface area contributed by atoms with Crippen LogP contribution in [-0.2, 0) is 0 Å². The molecule has 2 aromatic carbocycles. The van der Waals surface area contributed by atoms with Crippen molar-refractivity contribution < 1.29 is 9.59 Å². The number of nitrogens with one attached hydrogen (secondary N) is 2. The van der Waals surface area contributed by atoms with Crippen LogP contribution in [0.15, 0.2) is 78.1 Å². The highest BCUT2D eigenvalue weighted by Gasteiger charge is 2.39. The minimum absolute atomic E-state index is 0.0339. The Morgan fingerprint density at radius 2 is 1.11 bits per heavy atom. The second kappa shape index (κ2) is 11.3. The molecule has 0 fully saturated rings. The zero-order chi connectivity index (χ0) is 27.7. The highest BCUT2D eigenvalue weighted by atomic mass is 35.6. The molecule has 15 heteroatoms. The van der Waals surface area contributed by atoms with Crippen LogP contribution < -0.4 is 16.2 Å². The number of fused-ring (bicyclic) bond motifs is 1. The minimum Gasteiger partial charge on any atom is -0.328 e. The summed E-state index contributed by atoms with van der Waals surface area (Å²) in [5.41, 5.74) is -0.415. The van der Waals surface area contributed by atoms with Crippen molar-refractivity contribution in [3.05, 3.63) is 94.8 Å². The molecular weight excluding hydrogens is 621 g/mol. The summed E-state index contributed by atoms with van der Waals surface area (Å²) in [4.78, 5) is 47.3. The minimum atomic E-state index is -2.16. The number of halogens is 6. The zero-order valence-corrected chi connectivity index (χ0v) is 23.4. The Balaban J connectivity index is 1.73. The number of hydrogen-bond acceptors (Lipinski definition) is 5. The molecular formula is C23H16Cl6N6O3. The Bertz CT molecular complexity index is 1520. The van der Waals surface area contributed by atoms with Crippen molar-refractivity contribution in [3.8, 4) is 0 Å². The fourth-order valence-corrected chi connectivity index (χ4v) is 4.47. The molecule has 0 saturated heterocycles. The quantitative estimate of drug-likeness (QED) is 0.283. The lowest BCUT2D eigenvalue weighted by molar-refractivity contribution is 0.0912. The molecule has 198 valence electrons. The third kappa shape index (κ3) is 6.20. The van der Waals surface area contributed by atoms with Gasteiger partial charge in [0, 0.05) is 11.1 Å². The van der Waals surface area contributed by atoms with Gasteiger partial charge in [-0.1, -0.05) is 106 Å². The SMILES string of the molecule is O=C(N[C@H](n1cnc2c(ncn2[C@@H](NC(=O)c2ccccc2)C(Cl)(Cl)Cl)c1=O)C(Cl)(Cl)Cl)c1ccccc1. The molecule has 2 heterocycles. The van der Waals surface area contributed by atoms with Gasteiger partial charge in [-0.25, -0.2) is 9.97 Å². The van der Waals surface area contributed by atoms with E-state index in [1.54, 1.807) is 60.7 Å². The van der Waals surface area contributed by atoms with E-state index in [1.807, 2.05) is 0 Å². The predicted octanol–water partition coefficient (Wildman–Crippen LogP) is 5.19. The molecule has 2 atom stereocenters. The highest BCUT2D eigenvalue weighted by molar-refractivity contribution is 6.68. The van der Waals surface area contributed by atoms with E-state index < -0.39 is 37.3 Å². The van der Waals surface area contributed by atoms with Crippen LogP contribution in [0.4, 0.5) is 0 Å². The van der Waals surface area contributed by atoms with Crippen LogP contribution in [0.25, 0.3) is 11.2 Å². The Labute approximate surface area is 245 Å². The van der Waals surface area contributed by atoms with E-state index in [2.05, 4.69) is 20.6 Å². The lowest BCUT2D eigenvalue weighted by atomic mass is 10.2. The molecule has 0 spiro atoms. The van der Waals surface area contributed by atoms with Gasteiger partial charge in [-0.15, -0.1) is 0 Å². The Hall–Kier alpha value is -2.53. The summed E-state index contributed by atoms with van der Waals surface area (Å²) in [7, 11) is 0. The van der Waals surface area contributed by atoms with Crippen molar-refractivity contribution in [1.82, 2.24) is 29.7 Å². The summed E-state index contributed by atoms with van der Waals surface area (Å²) < 4.78 is -2.09. The van der Waals surface area contributed by atoms with Crippen molar-refractivity contribution in [2.45, 2.75) is 19.9 Å². The largest absolute Gasteiger partial charge is 0.328 e. The monoisotopic (exact) mass is 634 g/mol. The van der Waals surface area contributed by atoms with Gasteiger partial charge in [-0.2, -0.15) is 0 Å². The fraction of sp³-hybridized carbons (Fsp3) is 0.174. The Morgan fingerprint density at radius 3 is 1.55 bits per heavy atom. The topological polar surface area (TPSA) is 111 Å². The predicted molar refractivity (Wildman–Crippen MR) is 148 cm³/mol. The lowest BCUT2D eigenvalue weighted by Gasteiger charge is -2.28. The van der Waals surface area contributed by atoms with Gasteiger partial charge in [-0.3, -0.25) is 23.5 Å². The molecule has 38 heavy (non-hydrogen) atoms. The number of nitrogens with zero attached hydrogens (tertiary/aromatic N) is 4. The molecule has 0 saturated carbocycles. The maximum atomic E-state index is 13.4. The summed E-state index contributed by atoms with van der Waals surface area (Å²) in [5, 5.41) is 5.14. The first-order chi connectivity index (χ1) is 17.9. The standard InChI is InChI=1S/C23H16Cl6N6O3/c24-22(25,26)20(32-17(36)13-7-3-1-4-8-13)34-11-30-15-16(34)31-12-35(19(15)38)21(23(27,28)29)33-18(37)14-9-5-2-6-10-14/h1-12,20-21H,(H,32,36)(H,33,37)/t20-,21-/m1/s1. The number of imidazole rings is 1. The second-order valence-corrected chi connectivity index (χ2v) is 12.6. The second-order valence-electron chi connectivity index (χ2n) is 7.85. The van der Waals surface area contributed by atoms with Gasteiger partial charge in [0.05, 0.1) is 6.33 Å². The molecule has 4 rings (SSSR count). The first-order valence-electron chi connectivity index (χ1n) is 10.7. The van der Waals surface area contributed by atoms with Crippen molar-refractivity contribution in [1.29, 1.82) is 0 Å². The fourth-order valence-electron chi connectivity index (χ4n) is 3.51. The molecule has 9 nitrogen and oxygen atoms in total. The van der Waals surface area contributed by atoms with E-state index in [-0.39, 0.29) is 16.7 Å². The van der Waals surface area contributed by atoms with Gasteiger partial charge < -0.3 is 10.6 Å². The molecule has 0 unspecified atom stereocenters. The molecule has 2 amide bonds. The summed E-state index contributed by atoms with van der Waals surface area (Å²) in [5.74, 6) is -1.14. The molecule has 0 aliphatic carbocycles. The molecule has 2 aromatic heterocycles. The number of alkyl halides is 6. The van der Waals surface area contributed by atoms with Gasteiger partial charge >= 0.3 is 0 Å². The first-order valence-corrected chi connectivity index (χ1v) is 12.9. The number of amides is 2. The van der Waals surface area contributed by atoms with Gasteiger partial charge in [0.15, 0.2) is 23.5 Å². The van der Waals surface area contributed by atoms with Crippen molar-refractivity contribution in [2.24, 2.45) is 0 Å². The smallest absolute Gasteiger partial charge is 0.283 e. The number of carbonyl (C=O) groups excluding carboxylic acids is 2. The van der Waals surface area contributed by atoms with Gasteiger partial charge in [0.2, 0.25) is 7.59 Å². The average Bonchev–Trinajstić information content (AvgIpc) is 3.30. The van der Waals surface area contributed by atoms with E-state index in [1.165, 1.54) is 10.9 Å². The molecule has 0 bridgehead atoms. The first kappa shape index (κ1) is 28.5. The van der Waals surface area contributed by atoms with Gasteiger partial charge in [0.25, 0.3) is 17.4 Å². The van der Waals surface area contributed by atoms with Gasteiger partial charge in [-0.05, 0) is 24.3 Å². The number of rotatable bonds is 6. The maximum Gasteiger partial charge on any atom is 0.283 e.